The second-order valence-corrected chi connectivity index (χ2v) is 4.08. The zero-order valence-corrected chi connectivity index (χ0v) is 10.6. The number of hydrogen-bond donors (Lipinski definition) is 0. The Morgan fingerprint density at radius 2 is 1.36 bits per heavy atom. The molecule has 0 heterocycles. The van der Waals surface area contributed by atoms with Gasteiger partial charge in [-0.2, -0.15) is 27.8 Å². The van der Waals surface area contributed by atoms with E-state index in [0.717, 1.165) is 0 Å². The van der Waals surface area contributed by atoms with Crippen LogP contribution in [-0.4, -0.2) is 0 Å². The molecule has 0 radical (unpaired) electrons. The number of rotatable bonds is 3. The molecule has 0 atom stereocenters. The summed E-state index contributed by atoms with van der Waals surface area (Å²) in [5.74, 6) is 0. The van der Waals surface area contributed by atoms with Crippen LogP contribution in [0.1, 0.15) is 47.6 Å². The van der Waals surface area contributed by atoms with E-state index in [1.54, 1.807) is 5.56 Å². The van der Waals surface area contributed by atoms with Gasteiger partial charge in [0, 0.05) is 0 Å². The summed E-state index contributed by atoms with van der Waals surface area (Å²) in [7, 11) is 0. The van der Waals surface area contributed by atoms with Gasteiger partial charge < -0.3 is 0 Å². The molecule has 1 rings (SSSR count). The van der Waals surface area contributed by atoms with Gasteiger partial charge in [0.05, 0.1) is 0 Å². The van der Waals surface area contributed by atoms with Crippen LogP contribution >= 0.6 is 0 Å². The van der Waals surface area contributed by atoms with E-state index in [1.165, 1.54) is 41.5 Å². The average molecular weight is 184 g/mol. The van der Waals surface area contributed by atoms with Gasteiger partial charge in [-0.05, 0) is 0 Å². The molecule has 0 aromatic heterocycles. The Hall–Kier alpha value is -0.0526. The molecule has 0 amide bonds. The molecule has 1 aromatic rings. The van der Waals surface area contributed by atoms with Crippen molar-refractivity contribution in [2.75, 3.05) is 0 Å². The smallest absolute Gasteiger partial charge is 0.196 e. The van der Waals surface area contributed by atoms with Crippen LogP contribution in [0.4, 0.5) is 0 Å². The Labute approximate surface area is 101 Å². The first-order chi connectivity index (χ1) is 6.09. The fourth-order valence-electron chi connectivity index (χ4n) is 2.02. The van der Waals surface area contributed by atoms with E-state index in [2.05, 4.69) is 34.6 Å². The van der Waals surface area contributed by atoms with E-state index in [0.29, 0.717) is 0 Å². The fraction of sp³-hybridized carbons (Fsp3) is 0.615. The average Bonchev–Trinajstić information content (AvgIpc) is 2.30. The van der Waals surface area contributed by atoms with Gasteiger partial charge in [-0.1, -0.05) is 53.9 Å². The Bertz CT molecular complexity index is 269. The van der Waals surface area contributed by atoms with Gasteiger partial charge in [-0.25, -0.2) is 0 Å². The molecule has 0 saturated heterocycles. The van der Waals surface area contributed by atoms with Crippen molar-refractivity contribution in [2.24, 2.45) is 0 Å². The summed E-state index contributed by atoms with van der Waals surface area (Å²) in [6.07, 6.45) is 3.88. The normalized spacial score (nSPS) is 10.1. The molecule has 0 N–H and O–H groups in total. The first-order valence-corrected chi connectivity index (χ1v) is 5.31. The van der Waals surface area contributed by atoms with Gasteiger partial charge in [0.1, 0.15) is 0 Å². The van der Waals surface area contributed by atoms with Crippen molar-refractivity contribution < 1.29 is 18.9 Å². The third-order valence-corrected chi connectivity index (χ3v) is 3.37. The minimum atomic E-state index is 0. The molecule has 1 heteroatoms. The molecule has 1 aromatic carbocycles. The Balaban J connectivity index is 0.00000169. The van der Waals surface area contributed by atoms with Gasteiger partial charge in [-0.3, -0.25) is 0 Å². The topological polar surface area (TPSA) is 0 Å². The molecule has 0 bridgehead atoms. The molecule has 0 nitrogen and oxygen atoms in total. The van der Waals surface area contributed by atoms with E-state index in [-0.39, 0.29) is 18.9 Å². The molecular formula is C13H21Li. The fourth-order valence-corrected chi connectivity index (χ4v) is 2.02. The number of hydrogen-bond acceptors (Lipinski definition) is 0. The van der Waals surface area contributed by atoms with Crippen molar-refractivity contribution in [3.05, 3.63) is 27.8 Å². The largest absolute Gasteiger partial charge is 1.00 e. The summed E-state index contributed by atoms with van der Waals surface area (Å²) in [6, 6.07) is 0. The summed E-state index contributed by atoms with van der Waals surface area (Å²) < 4.78 is 0. The second-order valence-electron chi connectivity index (χ2n) is 4.08. The van der Waals surface area contributed by atoms with Gasteiger partial charge in [-0.15, -0.1) is 0 Å². The van der Waals surface area contributed by atoms with Crippen LogP contribution in [0.3, 0.4) is 0 Å². The van der Waals surface area contributed by atoms with Crippen molar-refractivity contribution in [3.8, 4) is 0 Å². The van der Waals surface area contributed by atoms with Crippen LogP contribution in [0.5, 0.6) is 0 Å². The molecule has 0 aliphatic rings. The predicted molar refractivity (Wildman–Crippen MR) is 59.6 cm³/mol. The van der Waals surface area contributed by atoms with Crippen LogP contribution in [0.2, 0.25) is 0 Å². The molecule has 0 fully saturated rings. The van der Waals surface area contributed by atoms with Crippen molar-refractivity contribution in [2.45, 2.75) is 53.9 Å². The third-order valence-electron chi connectivity index (χ3n) is 3.37. The van der Waals surface area contributed by atoms with Gasteiger partial charge >= 0.3 is 18.9 Å². The van der Waals surface area contributed by atoms with E-state index >= 15 is 0 Å². The van der Waals surface area contributed by atoms with Crippen molar-refractivity contribution in [1.29, 1.82) is 0 Å². The van der Waals surface area contributed by atoms with Crippen LogP contribution in [0.25, 0.3) is 0 Å². The van der Waals surface area contributed by atoms with E-state index in [1.807, 2.05) is 0 Å². The van der Waals surface area contributed by atoms with Gasteiger partial charge in [0.25, 0.3) is 0 Å². The minimum absolute atomic E-state index is 0. The van der Waals surface area contributed by atoms with Crippen LogP contribution in [-0.2, 0) is 6.42 Å². The molecule has 0 unspecified atom stereocenters. The number of unbranched alkanes of at least 4 members (excludes halogenated alkanes) is 1. The van der Waals surface area contributed by atoms with Crippen LogP contribution < -0.4 is 18.9 Å². The first-order valence-electron chi connectivity index (χ1n) is 5.31. The van der Waals surface area contributed by atoms with Gasteiger partial charge in [0.2, 0.25) is 0 Å². The Kier molecular flexibility index (Phi) is 5.72. The molecule has 0 saturated carbocycles. The maximum atomic E-state index is 2.26. The first kappa shape index (κ1) is 13.9. The summed E-state index contributed by atoms with van der Waals surface area (Å²) in [6.45, 7) is 11.3. The quantitative estimate of drug-likeness (QED) is 0.485. The Morgan fingerprint density at radius 3 is 1.71 bits per heavy atom. The second kappa shape index (κ2) is 5.74. The standard InChI is InChI=1S/C13H21.Li/c1-6-7-8-13-11(4)9(2)10(3)12(13)5;/h6-8H2,1-5H3;/q-1;+1. The van der Waals surface area contributed by atoms with Crippen LogP contribution in [0, 0.1) is 27.7 Å². The molecule has 0 aliphatic heterocycles. The molecule has 0 aliphatic carbocycles. The van der Waals surface area contributed by atoms with E-state index in [4.69, 9.17) is 0 Å². The zero-order chi connectivity index (χ0) is 10.0. The molecule has 0 spiro atoms. The SMILES string of the molecule is CCCC[c-]1c(C)c(C)c(C)c1C.[Li+]. The van der Waals surface area contributed by atoms with Gasteiger partial charge in [0.15, 0.2) is 0 Å². The maximum Gasteiger partial charge on any atom is 1.00 e. The summed E-state index contributed by atoms with van der Waals surface area (Å²) in [4.78, 5) is 0. The molecular weight excluding hydrogens is 163 g/mol. The summed E-state index contributed by atoms with van der Waals surface area (Å²) in [5, 5.41) is 0. The Morgan fingerprint density at radius 1 is 0.929 bits per heavy atom. The van der Waals surface area contributed by atoms with Crippen molar-refractivity contribution in [3.63, 3.8) is 0 Å². The third kappa shape index (κ3) is 2.50. The van der Waals surface area contributed by atoms with Crippen molar-refractivity contribution >= 4 is 0 Å². The molecule has 74 valence electrons. The summed E-state index contributed by atoms with van der Waals surface area (Å²) in [5.41, 5.74) is 7.68. The van der Waals surface area contributed by atoms with E-state index in [9.17, 15) is 0 Å². The minimum Gasteiger partial charge on any atom is -0.196 e. The summed E-state index contributed by atoms with van der Waals surface area (Å²) >= 11 is 0. The van der Waals surface area contributed by atoms with E-state index < -0.39 is 0 Å². The maximum absolute atomic E-state index is 2.26. The predicted octanol–water partition coefficient (Wildman–Crippen LogP) is 0.986. The van der Waals surface area contributed by atoms with Crippen molar-refractivity contribution in [1.82, 2.24) is 0 Å². The van der Waals surface area contributed by atoms with Crippen LogP contribution in [0.15, 0.2) is 0 Å². The molecule has 14 heavy (non-hydrogen) atoms. The zero-order valence-electron chi connectivity index (χ0n) is 10.6. The monoisotopic (exact) mass is 184 g/mol.